The fourth-order valence-electron chi connectivity index (χ4n) is 2.23. The minimum atomic E-state index is -1.33. The van der Waals surface area contributed by atoms with E-state index >= 15 is 0 Å². The van der Waals surface area contributed by atoms with E-state index in [2.05, 4.69) is 10.3 Å². The molecule has 0 radical (unpaired) electrons. The van der Waals surface area contributed by atoms with Crippen LogP contribution in [0.25, 0.3) is 5.65 Å². The third-order valence-corrected chi connectivity index (χ3v) is 3.43. The van der Waals surface area contributed by atoms with E-state index in [1.807, 2.05) is 0 Å². The molecule has 0 saturated carbocycles. The van der Waals surface area contributed by atoms with Crippen molar-refractivity contribution in [1.29, 1.82) is 0 Å². The fraction of sp³-hybridized carbons (Fsp3) is 0.308. The van der Waals surface area contributed by atoms with Crippen LogP contribution in [0.5, 0.6) is 0 Å². The minimum absolute atomic E-state index is 0.0125. The third-order valence-electron chi connectivity index (χ3n) is 3.43. The topological polar surface area (TPSA) is 92.9 Å². The van der Waals surface area contributed by atoms with Crippen LogP contribution in [-0.4, -0.2) is 45.1 Å². The molecule has 0 aliphatic carbocycles. The molecule has 1 atom stereocenters. The van der Waals surface area contributed by atoms with Crippen molar-refractivity contribution in [3.8, 4) is 0 Å². The van der Waals surface area contributed by atoms with Crippen LogP contribution in [0.4, 0.5) is 0 Å². The summed E-state index contributed by atoms with van der Waals surface area (Å²) in [5.74, 6) is -1.51. The van der Waals surface area contributed by atoms with Crippen LogP contribution in [0.15, 0.2) is 30.7 Å². The van der Waals surface area contributed by atoms with Crippen LogP contribution < -0.4 is 5.32 Å². The number of amides is 1. The number of carbonyl (C=O) groups excluding carboxylic acids is 1. The summed E-state index contributed by atoms with van der Waals surface area (Å²) in [7, 11) is 0. The molecule has 1 aliphatic rings. The van der Waals surface area contributed by atoms with Gasteiger partial charge in [0.05, 0.1) is 12.2 Å². The lowest BCUT2D eigenvalue weighted by molar-refractivity contribution is -0.144. The molecule has 1 amide bonds. The average molecular weight is 275 g/mol. The second-order valence-corrected chi connectivity index (χ2v) is 4.75. The molecule has 0 bridgehead atoms. The van der Waals surface area contributed by atoms with E-state index < -0.39 is 17.4 Å². The number of hydrogen-bond acceptors (Lipinski definition) is 4. The zero-order valence-corrected chi connectivity index (χ0v) is 10.6. The number of nitrogens with one attached hydrogen (secondary N) is 1. The van der Waals surface area contributed by atoms with Gasteiger partial charge in [0.2, 0.25) is 0 Å². The van der Waals surface area contributed by atoms with Gasteiger partial charge in [-0.25, -0.2) is 9.78 Å². The number of pyridine rings is 1. The molecule has 0 spiro atoms. The second kappa shape index (κ2) is 4.61. The Morgan fingerprint density at radius 1 is 1.45 bits per heavy atom. The summed E-state index contributed by atoms with van der Waals surface area (Å²) in [6.07, 6.45) is 5.22. The fourth-order valence-corrected chi connectivity index (χ4v) is 2.23. The standard InChI is InChI=1S/C13H13N3O4/c17-11(15-13(12(18)19)3-6-20-8-13)9-1-2-10-14-4-5-16(10)7-9/h1-2,4-5,7H,3,6,8H2,(H,15,17)(H,18,19). The van der Waals surface area contributed by atoms with Crippen LogP contribution in [0.2, 0.25) is 0 Å². The van der Waals surface area contributed by atoms with Gasteiger partial charge in [0.15, 0.2) is 5.54 Å². The number of ether oxygens (including phenoxy) is 1. The summed E-state index contributed by atoms with van der Waals surface area (Å²) in [4.78, 5) is 27.6. The molecule has 1 aliphatic heterocycles. The molecule has 0 aromatic carbocycles. The normalized spacial score (nSPS) is 22.0. The first-order chi connectivity index (χ1) is 9.61. The lowest BCUT2D eigenvalue weighted by atomic mass is 9.98. The molecule has 1 unspecified atom stereocenters. The number of aromatic nitrogens is 2. The molecule has 1 saturated heterocycles. The van der Waals surface area contributed by atoms with Crippen molar-refractivity contribution in [2.75, 3.05) is 13.2 Å². The predicted octanol–water partition coefficient (Wildman–Crippen LogP) is 0.308. The Labute approximate surface area is 114 Å². The summed E-state index contributed by atoms with van der Waals surface area (Å²) in [5, 5.41) is 11.9. The number of carboxylic acids is 1. The summed E-state index contributed by atoms with van der Waals surface area (Å²) in [6.45, 7) is 0.314. The minimum Gasteiger partial charge on any atom is -0.479 e. The van der Waals surface area contributed by atoms with Crippen LogP contribution in [0.1, 0.15) is 16.8 Å². The maximum absolute atomic E-state index is 12.2. The SMILES string of the molecule is O=C(NC1(C(=O)O)CCOC1)c1ccc2nccn2c1. The van der Waals surface area contributed by atoms with Gasteiger partial charge in [0.1, 0.15) is 5.65 Å². The van der Waals surface area contributed by atoms with Gasteiger partial charge in [-0.05, 0) is 12.1 Å². The van der Waals surface area contributed by atoms with Gasteiger partial charge in [-0.2, -0.15) is 0 Å². The molecular formula is C13H13N3O4. The Morgan fingerprint density at radius 2 is 2.30 bits per heavy atom. The molecule has 20 heavy (non-hydrogen) atoms. The number of nitrogens with zero attached hydrogens (tertiary/aromatic N) is 2. The highest BCUT2D eigenvalue weighted by atomic mass is 16.5. The van der Waals surface area contributed by atoms with E-state index in [0.29, 0.717) is 12.2 Å². The van der Waals surface area contributed by atoms with Crippen molar-refractivity contribution in [3.05, 3.63) is 36.3 Å². The number of carboxylic acid groups (broad SMARTS) is 1. The number of hydrogen-bond donors (Lipinski definition) is 2. The van der Waals surface area contributed by atoms with Gasteiger partial charge in [-0.3, -0.25) is 4.79 Å². The molecule has 7 heteroatoms. The van der Waals surface area contributed by atoms with Gasteiger partial charge in [-0.15, -0.1) is 0 Å². The highest BCUT2D eigenvalue weighted by Crippen LogP contribution is 2.20. The number of aliphatic carboxylic acids is 1. The van der Waals surface area contributed by atoms with Gasteiger partial charge in [0.25, 0.3) is 5.91 Å². The predicted molar refractivity (Wildman–Crippen MR) is 68.5 cm³/mol. The van der Waals surface area contributed by atoms with Crippen molar-refractivity contribution >= 4 is 17.5 Å². The molecule has 3 rings (SSSR count). The molecular weight excluding hydrogens is 262 g/mol. The first kappa shape index (κ1) is 12.6. The number of imidazole rings is 1. The summed E-state index contributed by atoms with van der Waals surface area (Å²) < 4.78 is 6.81. The van der Waals surface area contributed by atoms with E-state index in [-0.39, 0.29) is 13.0 Å². The Kier molecular flexibility index (Phi) is 2.90. The molecule has 2 aromatic heterocycles. The smallest absolute Gasteiger partial charge is 0.331 e. The van der Waals surface area contributed by atoms with Gasteiger partial charge < -0.3 is 19.6 Å². The van der Waals surface area contributed by atoms with E-state index in [4.69, 9.17) is 4.74 Å². The maximum Gasteiger partial charge on any atom is 0.331 e. The Hall–Kier alpha value is -2.41. The van der Waals surface area contributed by atoms with E-state index in [1.165, 1.54) is 0 Å². The zero-order valence-electron chi connectivity index (χ0n) is 10.6. The van der Waals surface area contributed by atoms with Crippen molar-refractivity contribution in [2.24, 2.45) is 0 Å². The molecule has 3 heterocycles. The highest BCUT2D eigenvalue weighted by Gasteiger charge is 2.44. The summed E-state index contributed by atoms with van der Waals surface area (Å²) >= 11 is 0. The van der Waals surface area contributed by atoms with Gasteiger partial charge in [-0.1, -0.05) is 0 Å². The van der Waals surface area contributed by atoms with Crippen LogP contribution >= 0.6 is 0 Å². The van der Waals surface area contributed by atoms with Crippen LogP contribution in [-0.2, 0) is 9.53 Å². The molecule has 2 aromatic rings. The van der Waals surface area contributed by atoms with Crippen molar-refractivity contribution in [1.82, 2.24) is 14.7 Å². The maximum atomic E-state index is 12.2. The second-order valence-electron chi connectivity index (χ2n) is 4.75. The lowest BCUT2D eigenvalue weighted by Gasteiger charge is -2.23. The Balaban J connectivity index is 1.86. The van der Waals surface area contributed by atoms with Crippen LogP contribution in [0.3, 0.4) is 0 Å². The molecule has 1 fully saturated rings. The summed E-state index contributed by atoms with van der Waals surface area (Å²) in [5.41, 5.74) is -0.234. The Morgan fingerprint density at radius 3 is 3.00 bits per heavy atom. The lowest BCUT2D eigenvalue weighted by Crippen LogP contribution is -2.55. The molecule has 7 nitrogen and oxygen atoms in total. The Bertz CT molecular complexity index is 673. The van der Waals surface area contributed by atoms with Gasteiger partial charge in [0, 0.05) is 31.6 Å². The average Bonchev–Trinajstić information content (AvgIpc) is 3.06. The van der Waals surface area contributed by atoms with Crippen LogP contribution in [0, 0.1) is 0 Å². The van der Waals surface area contributed by atoms with E-state index in [9.17, 15) is 14.7 Å². The summed E-state index contributed by atoms with van der Waals surface area (Å²) in [6, 6.07) is 3.32. The number of carbonyl (C=O) groups is 2. The first-order valence-corrected chi connectivity index (χ1v) is 6.17. The first-order valence-electron chi connectivity index (χ1n) is 6.17. The highest BCUT2D eigenvalue weighted by molar-refractivity contribution is 5.98. The molecule has 2 N–H and O–H groups in total. The molecule has 104 valence electrons. The number of rotatable bonds is 3. The van der Waals surface area contributed by atoms with Crippen molar-refractivity contribution < 1.29 is 19.4 Å². The zero-order chi connectivity index (χ0) is 14.2. The number of fused-ring (bicyclic) bond motifs is 1. The van der Waals surface area contributed by atoms with Crippen molar-refractivity contribution in [3.63, 3.8) is 0 Å². The quantitative estimate of drug-likeness (QED) is 0.840. The van der Waals surface area contributed by atoms with E-state index in [1.54, 1.807) is 35.1 Å². The van der Waals surface area contributed by atoms with Gasteiger partial charge >= 0.3 is 5.97 Å². The van der Waals surface area contributed by atoms with Crippen molar-refractivity contribution in [2.45, 2.75) is 12.0 Å². The van der Waals surface area contributed by atoms with E-state index in [0.717, 1.165) is 5.65 Å². The monoisotopic (exact) mass is 275 g/mol. The third kappa shape index (κ3) is 2.01. The largest absolute Gasteiger partial charge is 0.479 e.